The monoisotopic (exact) mass is 248 g/mol. The van der Waals surface area contributed by atoms with Crippen molar-refractivity contribution in [3.05, 3.63) is 29.4 Å². The van der Waals surface area contributed by atoms with Gasteiger partial charge in [-0.05, 0) is 26.8 Å². The molecule has 0 radical (unpaired) electrons. The smallest absolute Gasteiger partial charge is 0.226 e. The van der Waals surface area contributed by atoms with Crippen molar-refractivity contribution < 1.29 is 9.32 Å². The predicted molar refractivity (Wildman–Crippen MR) is 66.2 cm³/mol. The molecular formula is C12H16N4O2. The van der Waals surface area contributed by atoms with Gasteiger partial charge in [-0.1, -0.05) is 5.16 Å². The van der Waals surface area contributed by atoms with Crippen LogP contribution in [0.5, 0.6) is 0 Å². The zero-order valence-electron chi connectivity index (χ0n) is 10.7. The van der Waals surface area contributed by atoms with Crippen LogP contribution < -0.4 is 5.32 Å². The van der Waals surface area contributed by atoms with E-state index in [-0.39, 0.29) is 5.91 Å². The van der Waals surface area contributed by atoms with Crippen molar-refractivity contribution in [1.29, 1.82) is 0 Å². The van der Waals surface area contributed by atoms with Crippen LogP contribution in [0, 0.1) is 20.8 Å². The molecule has 0 aromatic carbocycles. The first-order chi connectivity index (χ1) is 8.58. The van der Waals surface area contributed by atoms with Gasteiger partial charge in [0.15, 0.2) is 5.76 Å². The molecule has 0 saturated carbocycles. The molecular weight excluding hydrogens is 232 g/mol. The minimum atomic E-state index is -0.0701. The molecule has 0 unspecified atom stereocenters. The molecule has 0 fully saturated rings. The number of aryl methyl sites for hydroxylation is 4. The topological polar surface area (TPSA) is 73.0 Å². The van der Waals surface area contributed by atoms with Gasteiger partial charge in [0.05, 0.1) is 0 Å². The molecule has 0 aliphatic heterocycles. The fourth-order valence-corrected chi connectivity index (χ4v) is 1.70. The average Bonchev–Trinajstić information content (AvgIpc) is 2.87. The van der Waals surface area contributed by atoms with Crippen molar-refractivity contribution in [2.45, 2.75) is 33.7 Å². The summed E-state index contributed by atoms with van der Waals surface area (Å²) in [6, 6.07) is 1.91. The second kappa shape index (κ2) is 5.03. The Morgan fingerprint density at radius 3 is 2.78 bits per heavy atom. The fourth-order valence-electron chi connectivity index (χ4n) is 1.70. The number of amides is 1. The van der Waals surface area contributed by atoms with Gasteiger partial charge in [-0.25, -0.2) is 0 Å². The standard InChI is InChI=1S/C12H16N4O2/c1-8-4-6-13-16(8)7-5-11(17)14-12-9(2)15-18-10(12)3/h4,6H,5,7H2,1-3H3,(H,14,17). The molecule has 0 saturated heterocycles. The molecule has 2 heterocycles. The first kappa shape index (κ1) is 12.3. The highest BCUT2D eigenvalue weighted by Gasteiger charge is 2.12. The van der Waals surface area contributed by atoms with Gasteiger partial charge in [0.25, 0.3) is 0 Å². The summed E-state index contributed by atoms with van der Waals surface area (Å²) in [6.45, 7) is 6.09. The van der Waals surface area contributed by atoms with Crippen LogP contribution in [-0.4, -0.2) is 20.8 Å². The van der Waals surface area contributed by atoms with Crippen molar-refractivity contribution in [1.82, 2.24) is 14.9 Å². The fraction of sp³-hybridized carbons (Fsp3) is 0.417. The van der Waals surface area contributed by atoms with Gasteiger partial charge in [0.1, 0.15) is 11.4 Å². The lowest BCUT2D eigenvalue weighted by Crippen LogP contribution is -2.16. The van der Waals surface area contributed by atoms with Crippen molar-refractivity contribution >= 4 is 11.6 Å². The highest BCUT2D eigenvalue weighted by Crippen LogP contribution is 2.18. The second-order valence-corrected chi connectivity index (χ2v) is 4.19. The summed E-state index contributed by atoms with van der Waals surface area (Å²) < 4.78 is 6.78. The number of hydrogen-bond acceptors (Lipinski definition) is 4. The van der Waals surface area contributed by atoms with E-state index in [0.717, 1.165) is 5.69 Å². The lowest BCUT2D eigenvalue weighted by atomic mass is 10.3. The number of aromatic nitrogens is 3. The van der Waals surface area contributed by atoms with E-state index in [1.807, 2.05) is 13.0 Å². The van der Waals surface area contributed by atoms with E-state index in [1.165, 1.54) is 0 Å². The van der Waals surface area contributed by atoms with E-state index in [4.69, 9.17) is 4.52 Å². The minimum Gasteiger partial charge on any atom is -0.359 e. The summed E-state index contributed by atoms with van der Waals surface area (Å²) in [5.41, 5.74) is 2.40. The highest BCUT2D eigenvalue weighted by molar-refractivity contribution is 5.91. The van der Waals surface area contributed by atoms with Crippen LogP contribution in [0.2, 0.25) is 0 Å². The number of rotatable bonds is 4. The molecule has 2 aromatic heterocycles. The van der Waals surface area contributed by atoms with Crippen LogP contribution in [0.4, 0.5) is 5.69 Å². The number of carbonyl (C=O) groups excluding carboxylic acids is 1. The van der Waals surface area contributed by atoms with Crippen LogP contribution in [0.25, 0.3) is 0 Å². The van der Waals surface area contributed by atoms with E-state index in [1.54, 1.807) is 24.7 Å². The summed E-state index contributed by atoms with van der Waals surface area (Å²) in [7, 11) is 0. The van der Waals surface area contributed by atoms with Crippen LogP contribution in [0.3, 0.4) is 0 Å². The van der Waals surface area contributed by atoms with Gasteiger partial charge in [0, 0.05) is 24.9 Å². The SMILES string of the molecule is Cc1noc(C)c1NC(=O)CCn1nccc1C. The van der Waals surface area contributed by atoms with Crippen molar-refractivity contribution in [2.75, 3.05) is 5.32 Å². The molecule has 0 spiro atoms. The van der Waals surface area contributed by atoms with Gasteiger partial charge in [-0.2, -0.15) is 5.10 Å². The molecule has 6 heteroatoms. The van der Waals surface area contributed by atoms with Gasteiger partial charge >= 0.3 is 0 Å². The van der Waals surface area contributed by atoms with Crippen LogP contribution >= 0.6 is 0 Å². The largest absolute Gasteiger partial charge is 0.359 e. The summed E-state index contributed by atoms with van der Waals surface area (Å²) in [5.74, 6) is 0.551. The van der Waals surface area contributed by atoms with E-state index in [9.17, 15) is 4.79 Å². The van der Waals surface area contributed by atoms with Crippen LogP contribution in [0.1, 0.15) is 23.6 Å². The predicted octanol–water partition coefficient (Wildman–Crippen LogP) is 1.83. The molecule has 6 nitrogen and oxygen atoms in total. The van der Waals surface area contributed by atoms with Gasteiger partial charge < -0.3 is 9.84 Å². The Balaban J connectivity index is 1.92. The molecule has 2 aromatic rings. The van der Waals surface area contributed by atoms with Gasteiger partial charge in [-0.3, -0.25) is 9.48 Å². The van der Waals surface area contributed by atoms with Crippen LogP contribution in [0.15, 0.2) is 16.8 Å². The van der Waals surface area contributed by atoms with Crippen molar-refractivity contribution in [3.63, 3.8) is 0 Å². The zero-order chi connectivity index (χ0) is 13.1. The maximum atomic E-state index is 11.8. The van der Waals surface area contributed by atoms with E-state index in [0.29, 0.717) is 30.1 Å². The average molecular weight is 248 g/mol. The molecule has 1 amide bonds. The maximum absolute atomic E-state index is 11.8. The third-order valence-electron chi connectivity index (χ3n) is 2.78. The van der Waals surface area contributed by atoms with Gasteiger partial charge in [-0.15, -0.1) is 0 Å². The molecule has 0 aliphatic carbocycles. The Morgan fingerprint density at radius 1 is 1.44 bits per heavy atom. The Morgan fingerprint density at radius 2 is 2.22 bits per heavy atom. The lowest BCUT2D eigenvalue weighted by molar-refractivity contribution is -0.116. The Labute approximate surface area is 105 Å². The Hall–Kier alpha value is -2.11. The number of carbonyl (C=O) groups is 1. The lowest BCUT2D eigenvalue weighted by Gasteiger charge is -2.05. The van der Waals surface area contributed by atoms with Crippen molar-refractivity contribution in [3.8, 4) is 0 Å². The summed E-state index contributed by atoms with van der Waals surface area (Å²) in [6.07, 6.45) is 2.09. The number of anilines is 1. The third kappa shape index (κ3) is 2.58. The summed E-state index contributed by atoms with van der Waals surface area (Å²) in [4.78, 5) is 11.8. The summed E-state index contributed by atoms with van der Waals surface area (Å²) >= 11 is 0. The normalized spacial score (nSPS) is 10.6. The quantitative estimate of drug-likeness (QED) is 0.895. The number of nitrogens with zero attached hydrogens (tertiary/aromatic N) is 3. The van der Waals surface area contributed by atoms with Crippen molar-refractivity contribution in [2.24, 2.45) is 0 Å². The molecule has 18 heavy (non-hydrogen) atoms. The Kier molecular flexibility index (Phi) is 3.45. The second-order valence-electron chi connectivity index (χ2n) is 4.19. The van der Waals surface area contributed by atoms with E-state index in [2.05, 4.69) is 15.6 Å². The first-order valence-electron chi connectivity index (χ1n) is 5.79. The first-order valence-corrected chi connectivity index (χ1v) is 5.79. The molecule has 0 atom stereocenters. The Bertz CT molecular complexity index is 537. The molecule has 96 valence electrons. The van der Waals surface area contributed by atoms with E-state index >= 15 is 0 Å². The highest BCUT2D eigenvalue weighted by atomic mass is 16.5. The molecule has 0 aliphatic rings. The molecule has 2 rings (SSSR count). The molecule has 1 N–H and O–H groups in total. The minimum absolute atomic E-state index is 0.0701. The van der Waals surface area contributed by atoms with Crippen LogP contribution in [-0.2, 0) is 11.3 Å². The number of hydrogen-bond donors (Lipinski definition) is 1. The third-order valence-corrected chi connectivity index (χ3v) is 2.78. The zero-order valence-corrected chi connectivity index (χ0v) is 10.7. The maximum Gasteiger partial charge on any atom is 0.226 e. The molecule has 0 bridgehead atoms. The summed E-state index contributed by atoms with van der Waals surface area (Å²) in [5, 5.41) is 10.7. The van der Waals surface area contributed by atoms with E-state index < -0.39 is 0 Å². The number of nitrogens with one attached hydrogen (secondary N) is 1. The van der Waals surface area contributed by atoms with Gasteiger partial charge in [0.2, 0.25) is 5.91 Å².